The molecule has 4 unspecified atom stereocenters. The summed E-state index contributed by atoms with van der Waals surface area (Å²) in [4.78, 5) is 0. The highest BCUT2D eigenvalue weighted by atomic mass is 16.7. The molecule has 0 aromatic heterocycles. The molecule has 1 aliphatic heterocycles. The van der Waals surface area contributed by atoms with Gasteiger partial charge in [0.1, 0.15) is 0 Å². The molecule has 1 saturated carbocycles. The Morgan fingerprint density at radius 3 is 2.28 bits per heavy atom. The topological polar surface area (TPSA) is 31.0 Å². The molecule has 2 fully saturated rings. The maximum absolute atomic E-state index is 5.77. The Labute approximate surface area is 156 Å². The van der Waals surface area contributed by atoms with Gasteiger partial charge in [-0.1, -0.05) is 58.3 Å². The largest absolute Gasteiger partial charge is 0.370 e. The van der Waals surface area contributed by atoms with Crippen LogP contribution in [0.4, 0.5) is 0 Å². The fourth-order valence-corrected chi connectivity index (χ4v) is 4.66. The summed E-state index contributed by atoms with van der Waals surface area (Å²) < 4.78 is 17.2. The van der Waals surface area contributed by atoms with E-state index < -0.39 is 5.79 Å². The Balaban J connectivity index is 1.69. The normalized spacial score (nSPS) is 27.1. The average molecular weight is 355 g/mol. The summed E-state index contributed by atoms with van der Waals surface area (Å²) >= 11 is 0. The molecule has 0 N–H and O–H groups in total. The Bertz CT molecular complexity index is 353. The molecule has 25 heavy (non-hydrogen) atoms. The number of unbranched alkanes of at least 4 members (excludes halogenated alkanes) is 5. The Morgan fingerprint density at radius 2 is 1.60 bits per heavy atom. The maximum atomic E-state index is 5.77. The van der Waals surface area contributed by atoms with Crippen LogP contribution in [0.1, 0.15) is 97.3 Å². The molecule has 0 bridgehead atoms. The van der Waals surface area contributed by atoms with E-state index in [1.807, 2.05) is 0 Å². The fraction of sp³-hybridized carbons (Fsp3) is 1.00. The van der Waals surface area contributed by atoms with Crippen LogP contribution in [0.2, 0.25) is 0 Å². The van der Waals surface area contributed by atoms with Gasteiger partial charge in [-0.15, -0.1) is 0 Å². The summed E-state index contributed by atoms with van der Waals surface area (Å²) in [6.45, 7) is 4.40. The zero-order chi connectivity index (χ0) is 18.1. The molecule has 0 aromatic rings. The predicted octanol–water partition coefficient (Wildman–Crippen LogP) is 6.10. The summed E-state index contributed by atoms with van der Waals surface area (Å²) in [5.41, 5.74) is 0. The summed E-state index contributed by atoms with van der Waals surface area (Å²) in [5.74, 6) is 0.956. The van der Waals surface area contributed by atoms with Crippen molar-refractivity contribution in [1.29, 1.82) is 0 Å². The second-order valence-corrected chi connectivity index (χ2v) is 8.50. The molecule has 4 atom stereocenters. The number of methoxy groups -OCH3 is 2. The van der Waals surface area contributed by atoms with Crippen LogP contribution in [0.3, 0.4) is 0 Å². The molecular formula is C22H42O3. The first-order valence-corrected chi connectivity index (χ1v) is 10.9. The Hall–Kier alpha value is -0.120. The van der Waals surface area contributed by atoms with Gasteiger partial charge in [-0.2, -0.15) is 0 Å². The van der Waals surface area contributed by atoms with Crippen molar-refractivity contribution >= 4 is 0 Å². The lowest BCUT2D eigenvalue weighted by Gasteiger charge is -2.35. The SMILES string of the molecule is CCCCCCCCC(CCCC1CCC2OC2C1)C(C)(OC)OC. The quantitative estimate of drug-likeness (QED) is 0.214. The van der Waals surface area contributed by atoms with Gasteiger partial charge in [0.2, 0.25) is 0 Å². The van der Waals surface area contributed by atoms with Crippen molar-refractivity contribution in [3.63, 3.8) is 0 Å². The van der Waals surface area contributed by atoms with E-state index in [9.17, 15) is 0 Å². The highest BCUT2D eigenvalue weighted by Crippen LogP contribution is 2.41. The number of fused-ring (bicyclic) bond motifs is 1. The third-order valence-electron chi connectivity index (χ3n) is 6.74. The number of rotatable bonds is 14. The van der Waals surface area contributed by atoms with E-state index in [1.165, 1.54) is 83.5 Å². The van der Waals surface area contributed by atoms with Gasteiger partial charge in [-0.3, -0.25) is 0 Å². The second kappa shape index (κ2) is 10.9. The van der Waals surface area contributed by atoms with Gasteiger partial charge in [0.15, 0.2) is 5.79 Å². The molecule has 3 nitrogen and oxygen atoms in total. The van der Waals surface area contributed by atoms with Gasteiger partial charge in [-0.25, -0.2) is 0 Å². The van der Waals surface area contributed by atoms with E-state index in [4.69, 9.17) is 14.2 Å². The Morgan fingerprint density at radius 1 is 0.920 bits per heavy atom. The van der Waals surface area contributed by atoms with Crippen LogP contribution in [0.25, 0.3) is 0 Å². The first-order chi connectivity index (χ1) is 12.1. The lowest BCUT2D eigenvalue weighted by atomic mass is 9.82. The number of hydrogen-bond donors (Lipinski definition) is 0. The summed E-state index contributed by atoms with van der Waals surface area (Å²) in [6.07, 6.45) is 18.4. The molecular weight excluding hydrogens is 312 g/mol. The minimum atomic E-state index is -0.430. The molecule has 3 heteroatoms. The molecule has 2 rings (SSSR count). The summed E-state index contributed by atoms with van der Waals surface area (Å²) in [6, 6.07) is 0. The summed E-state index contributed by atoms with van der Waals surface area (Å²) in [5, 5.41) is 0. The molecule has 0 spiro atoms. The zero-order valence-electron chi connectivity index (χ0n) is 17.2. The number of epoxide rings is 1. The highest BCUT2D eigenvalue weighted by Gasteiger charge is 2.43. The molecule has 1 aliphatic carbocycles. The standard InChI is InChI=1S/C22H42O3/c1-5-6-7-8-9-10-13-19(22(2,23-3)24-4)14-11-12-18-15-16-20-21(17-18)25-20/h18-21H,5-17H2,1-4H3. The van der Waals surface area contributed by atoms with Crippen molar-refractivity contribution in [1.82, 2.24) is 0 Å². The third kappa shape index (κ3) is 6.84. The van der Waals surface area contributed by atoms with Crippen molar-refractivity contribution in [2.24, 2.45) is 11.8 Å². The molecule has 1 heterocycles. The fourth-order valence-electron chi connectivity index (χ4n) is 4.66. The van der Waals surface area contributed by atoms with Crippen LogP contribution in [0.5, 0.6) is 0 Å². The smallest absolute Gasteiger partial charge is 0.167 e. The van der Waals surface area contributed by atoms with Crippen molar-refractivity contribution in [2.45, 2.75) is 115 Å². The van der Waals surface area contributed by atoms with Crippen molar-refractivity contribution < 1.29 is 14.2 Å². The molecule has 2 aliphatic rings. The van der Waals surface area contributed by atoms with Gasteiger partial charge in [-0.05, 0) is 44.9 Å². The van der Waals surface area contributed by atoms with Crippen molar-refractivity contribution in [3.05, 3.63) is 0 Å². The second-order valence-electron chi connectivity index (χ2n) is 8.50. The number of hydrogen-bond acceptors (Lipinski definition) is 3. The van der Waals surface area contributed by atoms with E-state index in [0.717, 1.165) is 5.92 Å². The first kappa shape index (κ1) is 21.2. The van der Waals surface area contributed by atoms with Crippen LogP contribution in [-0.2, 0) is 14.2 Å². The van der Waals surface area contributed by atoms with Crippen molar-refractivity contribution in [3.8, 4) is 0 Å². The molecule has 148 valence electrons. The van der Waals surface area contributed by atoms with E-state index in [0.29, 0.717) is 18.1 Å². The Kier molecular flexibility index (Phi) is 9.23. The van der Waals surface area contributed by atoms with Crippen LogP contribution < -0.4 is 0 Å². The predicted molar refractivity (Wildman–Crippen MR) is 104 cm³/mol. The monoisotopic (exact) mass is 354 g/mol. The maximum Gasteiger partial charge on any atom is 0.167 e. The lowest BCUT2D eigenvalue weighted by Crippen LogP contribution is -2.39. The van der Waals surface area contributed by atoms with Crippen LogP contribution >= 0.6 is 0 Å². The highest BCUT2D eigenvalue weighted by molar-refractivity contribution is 4.91. The van der Waals surface area contributed by atoms with Gasteiger partial charge >= 0.3 is 0 Å². The molecule has 0 radical (unpaired) electrons. The summed E-state index contributed by atoms with van der Waals surface area (Å²) in [7, 11) is 3.59. The molecule has 1 saturated heterocycles. The molecule has 0 aromatic carbocycles. The third-order valence-corrected chi connectivity index (χ3v) is 6.74. The van der Waals surface area contributed by atoms with E-state index in [1.54, 1.807) is 14.2 Å². The van der Waals surface area contributed by atoms with Crippen LogP contribution in [0, 0.1) is 11.8 Å². The first-order valence-electron chi connectivity index (χ1n) is 10.9. The van der Waals surface area contributed by atoms with Gasteiger partial charge in [0, 0.05) is 20.1 Å². The van der Waals surface area contributed by atoms with E-state index in [-0.39, 0.29) is 0 Å². The van der Waals surface area contributed by atoms with E-state index >= 15 is 0 Å². The zero-order valence-corrected chi connectivity index (χ0v) is 17.2. The van der Waals surface area contributed by atoms with Gasteiger partial charge < -0.3 is 14.2 Å². The minimum absolute atomic E-state index is 0.430. The minimum Gasteiger partial charge on any atom is -0.370 e. The van der Waals surface area contributed by atoms with E-state index in [2.05, 4.69) is 13.8 Å². The lowest BCUT2D eigenvalue weighted by molar-refractivity contribution is -0.230. The van der Waals surface area contributed by atoms with Crippen LogP contribution in [-0.4, -0.2) is 32.2 Å². The van der Waals surface area contributed by atoms with Gasteiger partial charge in [0.25, 0.3) is 0 Å². The van der Waals surface area contributed by atoms with Crippen molar-refractivity contribution in [2.75, 3.05) is 14.2 Å². The molecule has 0 amide bonds. The number of ether oxygens (including phenoxy) is 3. The average Bonchev–Trinajstić information content (AvgIpc) is 3.41. The van der Waals surface area contributed by atoms with Gasteiger partial charge in [0.05, 0.1) is 12.2 Å². The van der Waals surface area contributed by atoms with Crippen LogP contribution in [0.15, 0.2) is 0 Å².